The highest BCUT2D eigenvalue weighted by atomic mass is 19.4. The molecule has 0 bridgehead atoms. The van der Waals surface area contributed by atoms with Gasteiger partial charge >= 0.3 is 12.4 Å². The Bertz CT molecular complexity index is 1130. The van der Waals surface area contributed by atoms with Crippen LogP contribution in [0.2, 0.25) is 0 Å². The number of amides is 1. The smallest absolute Gasteiger partial charge is 0.321 e. The summed E-state index contributed by atoms with van der Waals surface area (Å²) < 4.78 is 77.3. The van der Waals surface area contributed by atoms with Gasteiger partial charge in [-0.1, -0.05) is 66.7 Å². The number of hydrogen-bond acceptors (Lipinski definition) is 1. The third-order valence-corrected chi connectivity index (χ3v) is 5.02. The van der Waals surface area contributed by atoms with Crippen molar-refractivity contribution in [3.05, 3.63) is 102 Å². The van der Waals surface area contributed by atoms with E-state index in [-0.39, 0.29) is 35.6 Å². The Labute approximate surface area is 192 Å². The van der Waals surface area contributed by atoms with Gasteiger partial charge in [-0.2, -0.15) is 26.3 Å². The summed E-state index contributed by atoms with van der Waals surface area (Å²) in [5, 5.41) is 2.29. The van der Waals surface area contributed by atoms with Gasteiger partial charge in [-0.15, -0.1) is 0 Å². The van der Waals surface area contributed by atoms with Crippen LogP contribution in [-0.4, -0.2) is 18.3 Å². The van der Waals surface area contributed by atoms with Gasteiger partial charge in [-0.3, -0.25) is 4.79 Å². The quantitative estimate of drug-likeness (QED) is 0.350. The van der Waals surface area contributed by atoms with Gasteiger partial charge in [0.05, 0.1) is 5.70 Å². The molecule has 0 fully saturated rings. The minimum absolute atomic E-state index is 0.0243. The van der Waals surface area contributed by atoms with Crippen molar-refractivity contribution in [1.82, 2.24) is 5.32 Å². The monoisotopic (exact) mass is 477 g/mol. The fourth-order valence-electron chi connectivity index (χ4n) is 3.46. The van der Waals surface area contributed by atoms with Crippen LogP contribution in [0.1, 0.15) is 34.3 Å². The van der Waals surface area contributed by atoms with Crippen LogP contribution < -0.4 is 5.32 Å². The summed E-state index contributed by atoms with van der Waals surface area (Å²) in [6.45, 7) is 0. The van der Waals surface area contributed by atoms with E-state index in [2.05, 4.69) is 5.32 Å². The number of benzene rings is 3. The van der Waals surface area contributed by atoms with Crippen molar-refractivity contribution in [2.24, 2.45) is 0 Å². The van der Waals surface area contributed by atoms with Crippen LogP contribution in [0.3, 0.4) is 0 Å². The Kier molecular flexibility index (Phi) is 7.81. The molecule has 8 heteroatoms. The average molecular weight is 477 g/mol. The lowest BCUT2D eigenvalue weighted by molar-refractivity contribution is -0.135. The topological polar surface area (TPSA) is 29.1 Å². The van der Waals surface area contributed by atoms with Gasteiger partial charge < -0.3 is 5.32 Å². The van der Waals surface area contributed by atoms with E-state index < -0.39 is 30.4 Å². The molecule has 1 N–H and O–H groups in total. The lowest BCUT2D eigenvalue weighted by atomic mass is 9.98. The molecule has 2 nitrogen and oxygen atoms in total. The molecule has 0 heterocycles. The van der Waals surface area contributed by atoms with Crippen molar-refractivity contribution in [1.29, 1.82) is 0 Å². The molecule has 34 heavy (non-hydrogen) atoms. The number of hydrogen-bond donors (Lipinski definition) is 1. The van der Waals surface area contributed by atoms with Crippen LogP contribution in [0, 0.1) is 0 Å². The van der Waals surface area contributed by atoms with Crippen molar-refractivity contribution in [2.75, 3.05) is 0 Å². The number of nitrogens with one attached hydrogen (secondary N) is 1. The highest BCUT2D eigenvalue weighted by molar-refractivity contribution is 6.00. The zero-order valence-corrected chi connectivity index (χ0v) is 17.9. The van der Waals surface area contributed by atoms with Crippen molar-refractivity contribution >= 4 is 11.6 Å². The fourth-order valence-corrected chi connectivity index (χ4v) is 3.46. The second kappa shape index (κ2) is 10.6. The first-order chi connectivity index (χ1) is 16.0. The summed E-state index contributed by atoms with van der Waals surface area (Å²) in [6, 6.07) is 21.5. The van der Waals surface area contributed by atoms with Gasteiger partial charge in [0.2, 0.25) is 0 Å². The van der Waals surface area contributed by atoms with E-state index >= 15 is 0 Å². The van der Waals surface area contributed by atoms with Gasteiger partial charge in [-0.25, -0.2) is 0 Å². The third kappa shape index (κ3) is 7.50. The molecule has 3 aromatic carbocycles. The highest BCUT2D eigenvalue weighted by Crippen LogP contribution is 2.28. The van der Waals surface area contributed by atoms with Crippen molar-refractivity contribution in [2.45, 2.75) is 31.6 Å². The lowest BCUT2D eigenvalue weighted by Crippen LogP contribution is -2.24. The maximum atomic E-state index is 13.2. The minimum atomic E-state index is -4.75. The molecular weight excluding hydrogens is 456 g/mol. The standard InChI is InChI=1S/C26H21F6NO/c27-25(28,29)16-6-10-20-9-4-5-11-22(20)23(17-26(30,31)32)33-24(34)21-14-12-19(13-15-21)18-7-2-1-3-8-18/h1-5,7-9,11-15,17H,6,10,16H2,(H,33,34)/b23-17+. The number of rotatable bonds is 7. The molecule has 0 unspecified atom stereocenters. The normalized spacial score (nSPS) is 12.5. The van der Waals surface area contributed by atoms with E-state index in [1.54, 1.807) is 12.1 Å². The molecule has 0 radical (unpaired) electrons. The van der Waals surface area contributed by atoms with Gasteiger partial charge in [0.1, 0.15) is 0 Å². The van der Waals surface area contributed by atoms with Crippen molar-refractivity contribution in [3.63, 3.8) is 0 Å². The average Bonchev–Trinajstić information content (AvgIpc) is 2.78. The van der Waals surface area contributed by atoms with E-state index in [0.29, 0.717) is 0 Å². The maximum Gasteiger partial charge on any atom is 0.411 e. The zero-order chi connectivity index (χ0) is 24.8. The minimum Gasteiger partial charge on any atom is -0.321 e. The molecule has 3 rings (SSSR count). The predicted molar refractivity (Wildman–Crippen MR) is 119 cm³/mol. The molecule has 0 spiro atoms. The SMILES string of the molecule is O=C(N/C(=C/C(F)(F)F)c1ccccc1CCCC(F)(F)F)c1ccc(-c2ccccc2)cc1. The molecule has 0 atom stereocenters. The first-order valence-electron chi connectivity index (χ1n) is 10.4. The molecule has 0 aliphatic carbocycles. The number of allylic oxidation sites excluding steroid dienone is 1. The second-order valence-electron chi connectivity index (χ2n) is 7.62. The van der Waals surface area contributed by atoms with E-state index in [4.69, 9.17) is 0 Å². The lowest BCUT2D eigenvalue weighted by Gasteiger charge is -2.16. The summed E-state index contributed by atoms with van der Waals surface area (Å²) in [7, 11) is 0. The molecular formula is C26H21F6NO. The summed E-state index contributed by atoms with van der Waals surface area (Å²) >= 11 is 0. The summed E-state index contributed by atoms with van der Waals surface area (Å²) in [5.41, 5.74) is 1.67. The van der Waals surface area contributed by atoms with Crippen LogP contribution in [0.25, 0.3) is 16.8 Å². The number of alkyl halides is 6. The largest absolute Gasteiger partial charge is 0.411 e. The number of carbonyl (C=O) groups excluding carboxylic acids is 1. The van der Waals surface area contributed by atoms with E-state index in [9.17, 15) is 31.1 Å². The number of aryl methyl sites for hydroxylation is 1. The molecule has 0 aliphatic rings. The predicted octanol–water partition coefficient (Wildman–Crippen LogP) is 7.57. The first-order valence-corrected chi connectivity index (χ1v) is 10.4. The summed E-state index contributed by atoms with van der Waals surface area (Å²) in [6.07, 6.45) is -10.6. The van der Waals surface area contributed by atoms with Crippen LogP contribution in [0.5, 0.6) is 0 Å². The molecule has 0 saturated carbocycles. The molecule has 0 aliphatic heterocycles. The van der Waals surface area contributed by atoms with Gasteiger partial charge in [-0.05, 0) is 41.7 Å². The van der Waals surface area contributed by atoms with Crippen LogP contribution in [0.15, 0.2) is 84.9 Å². The number of halogens is 6. The Balaban J connectivity index is 1.84. The number of carbonyl (C=O) groups is 1. The van der Waals surface area contributed by atoms with Gasteiger partial charge in [0.25, 0.3) is 5.91 Å². The second-order valence-corrected chi connectivity index (χ2v) is 7.62. The van der Waals surface area contributed by atoms with Crippen molar-refractivity contribution < 1.29 is 31.1 Å². The Morgan fingerprint density at radius 1 is 0.765 bits per heavy atom. The van der Waals surface area contributed by atoms with Gasteiger partial charge in [0, 0.05) is 23.6 Å². The Morgan fingerprint density at radius 2 is 1.35 bits per heavy atom. The Hall–Kier alpha value is -3.55. The molecule has 178 valence electrons. The van der Waals surface area contributed by atoms with Gasteiger partial charge in [0.15, 0.2) is 0 Å². The van der Waals surface area contributed by atoms with Crippen LogP contribution >= 0.6 is 0 Å². The zero-order valence-electron chi connectivity index (χ0n) is 17.9. The first kappa shape index (κ1) is 25.1. The molecule has 0 saturated heterocycles. The fraction of sp³-hybridized carbons (Fsp3) is 0.192. The van der Waals surface area contributed by atoms with Crippen LogP contribution in [-0.2, 0) is 6.42 Å². The summed E-state index contributed by atoms with van der Waals surface area (Å²) in [5.74, 6) is -0.764. The molecule has 3 aromatic rings. The van der Waals surface area contributed by atoms with E-state index in [1.165, 1.54) is 36.4 Å². The molecule has 0 aromatic heterocycles. The van der Waals surface area contributed by atoms with Crippen LogP contribution in [0.4, 0.5) is 26.3 Å². The van der Waals surface area contributed by atoms with Crippen molar-refractivity contribution in [3.8, 4) is 11.1 Å². The third-order valence-electron chi connectivity index (χ3n) is 5.02. The molecule has 1 amide bonds. The Morgan fingerprint density at radius 3 is 1.97 bits per heavy atom. The van der Waals surface area contributed by atoms with E-state index in [0.717, 1.165) is 11.1 Å². The maximum absolute atomic E-state index is 13.2. The van der Waals surface area contributed by atoms with E-state index in [1.807, 2.05) is 30.3 Å². The summed E-state index contributed by atoms with van der Waals surface area (Å²) in [4.78, 5) is 12.8. The highest BCUT2D eigenvalue weighted by Gasteiger charge is 2.28.